The smallest absolute Gasteiger partial charge is 0.230 e. The van der Waals surface area contributed by atoms with Crippen LogP contribution < -0.4 is 5.32 Å². The highest BCUT2D eigenvalue weighted by Gasteiger charge is 2.29. The van der Waals surface area contributed by atoms with Crippen molar-refractivity contribution < 1.29 is 4.42 Å². The predicted molar refractivity (Wildman–Crippen MR) is 84.6 cm³/mol. The minimum absolute atomic E-state index is 0.515. The Morgan fingerprint density at radius 3 is 2.59 bits per heavy atom. The van der Waals surface area contributed by atoms with E-state index in [1.807, 2.05) is 0 Å². The van der Waals surface area contributed by atoms with Crippen molar-refractivity contribution >= 4 is 0 Å². The molecule has 1 N–H and O–H groups in total. The molecule has 1 aromatic heterocycles. The van der Waals surface area contributed by atoms with Crippen LogP contribution in [0.25, 0.3) is 0 Å². The van der Waals surface area contributed by atoms with Gasteiger partial charge in [0, 0.05) is 12.0 Å². The highest BCUT2D eigenvalue weighted by molar-refractivity contribution is 5.22. The van der Waals surface area contributed by atoms with Gasteiger partial charge in [-0.2, -0.15) is 0 Å². The average Bonchev–Trinajstić information content (AvgIpc) is 3.13. The molecule has 2 aliphatic carbocycles. The molecule has 2 aliphatic rings. The Kier molecular flexibility index (Phi) is 3.94. The molecule has 0 amide bonds. The highest BCUT2D eigenvalue weighted by Crippen LogP contribution is 2.36. The largest absolute Gasteiger partial charge is 0.424 e. The maximum absolute atomic E-state index is 5.80. The first-order chi connectivity index (χ1) is 10.9. The maximum Gasteiger partial charge on any atom is 0.230 e. The van der Waals surface area contributed by atoms with E-state index in [4.69, 9.17) is 4.42 Å². The number of aromatic nitrogens is 2. The third-order valence-electron chi connectivity index (χ3n) is 5.20. The van der Waals surface area contributed by atoms with Crippen LogP contribution in [0.2, 0.25) is 0 Å². The molecule has 4 nitrogen and oxygen atoms in total. The van der Waals surface area contributed by atoms with Crippen LogP contribution in [-0.2, 0) is 6.54 Å². The Hall–Kier alpha value is -1.68. The van der Waals surface area contributed by atoms with Gasteiger partial charge in [-0.3, -0.25) is 0 Å². The van der Waals surface area contributed by atoms with Gasteiger partial charge in [0.1, 0.15) is 0 Å². The van der Waals surface area contributed by atoms with Gasteiger partial charge in [0.2, 0.25) is 11.8 Å². The lowest BCUT2D eigenvalue weighted by Crippen LogP contribution is -2.30. The average molecular weight is 297 g/mol. The number of nitrogens with zero attached hydrogens (tertiary/aromatic N) is 2. The monoisotopic (exact) mass is 297 g/mol. The lowest BCUT2D eigenvalue weighted by Gasteiger charge is -2.21. The molecule has 116 valence electrons. The zero-order valence-electron chi connectivity index (χ0n) is 12.9. The van der Waals surface area contributed by atoms with Gasteiger partial charge in [0.15, 0.2) is 0 Å². The zero-order valence-corrected chi connectivity index (χ0v) is 12.9. The number of benzene rings is 1. The lowest BCUT2D eigenvalue weighted by molar-refractivity contribution is 0.318. The maximum atomic E-state index is 5.80. The Bertz CT molecular complexity index is 606. The zero-order chi connectivity index (χ0) is 14.8. The van der Waals surface area contributed by atoms with Gasteiger partial charge in [0.05, 0.1) is 6.54 Å². The Morgan fingerprint density at radius 1 is 1.00 bits per heavy atom. The summed E-state index contributed by atoms with van der Waals surface area (Å²) in [6, 6.07) is 11.3. The molecule has 0 unspecified atom stereocenters. The second-order valence-corrected chi connectivity index (χ2v) is 6.60. The molecule has 2 fully saturated rings. The van der Waals surface area contributed by atoms with Crippen LogP contribution in [0.5, 0.6) is 0 Å². The van der Waals surface area contributed by atoms with Crippen LogP contribution in [0.3, 0.4) is 0 Å². The summed E-state index contributed by atoms with van der Waals surface area (Å²) in [5, 5.41) is 12.0. The molecular weight excluding hydrogens is 274 g/mol. The van der Waals surface area contributed by atoms with Gasteiger partial charge >= 0.3 is 0 Å². The standard InChI is InChI=1S/C18H23N3O/c1-2-6-13(7-3-1)15-10-5-11-16(15)19-12-17-20-21-18(22-17)14-8-4-9-14/h1-3,6-7,14-16,19H,4-5,8-12H2/t15-,16-/m0/s1. The Morgan fingerprint density at radius 2 is 1.82 bits per heavy atom. The summed E-state index contributed by atoms with van der Waals surface area (Å²) >= 11 is 0. The van der Waals surface area contributed by atoms with E-state index in [1.165, 1.54) is 44.1 Å². The number of rotatable bonds is 5. The molecule has 1 aromatic carbocycles. The molecule has 0 bridgehead atoms. The van der Waals surface area contributed by atoms with Crippen LogP contribution in [-0.4, -0.2) is 16.2 Å². The summed E-state index contributed by atoms with van der Waals surface area (Å²) in [6.07, 6.45) is 7.47. The topological polar surface area (TPSA) is 51.0 Å². The van der Waals surface area contributed by atoms with E-state index in [0.717, 1.165) is 11.8 Å². The van der Waals surface area contributed by atoms with Crippen LogP contribution in [0.1, 0.15) is 67.7 Å². The van der Waals surface area contributed by atoms with Gasteiger partial charge in [-0.05, 0) is 37.2 Å². The third kappa shape index (κ3) is 2.80. The summed E-state index contributed by atoms with van der Waals surface area (Å²) < 4.78 is 5.80. The quantitative estimate of drug-likeness (QED) is 0.913. The molecule has 0 aliphatic heterocycles. The highest BCUT2D eigenvalue weighted by atomic mass is 16.4. The van der Waals surface area contributed by atoms with Gasteiger partial charge in [-0.1, -0.05) is 43.2 Å². The molecule has 2 atom stereocenters. The summed E-state index contributed by atoms with van der Waals surface area (Å²) in [5.41, 5.74) is 1.44. The molecule has 2 saturated carbocycles. The van der Waals surface area contributed by atoms with Crippen molar-refractivity contribution in [2.24, 2.45) is 0 Å². The molecule has 4 rings (SSSR count). The van der Waals surface area contributed by atoms with E-state index in [1.54, 1.807) is 0 Å². The van der Waals surface area contributed by atoms with E-state index in [0.29, 0.717) is 24.4 Å². The summed E-state index contributed by atoms with van der Waals surface area (Å²) in [5.74, 6) is 2.70. The lowest BCUT2D eigenvalue weighted by atomic mass is 9.85. The fraction of sp³-hybridized carbons (Fsp3) is 0.556. The van der Waals surface area contributed by atoms with Crippen molar-refractivity contribution in [2.75, 3.05) is 0 Å². The van der Waals surface area contributed by atoms with E-state index >= 15 is 0 Å². The van der Waals surface area contributed by atoms with Crippen LogP contribution >= 0.6 is 0 Å². The Labute approximate surface area is 131 Å². The van der Waals surface area contributed by atoms with Crippen molar-refractivity contribution in [3.8, 4) is 0 Å². The molecule has 22 heavy (non-hydrogen) atoms. The molecule has 0 radical (unpaired) electrons. The fourth-order valence-corrected chi connectivity index (χ4v) is 3.68. The number of hydrogen-bond donors (Lipinski definition) is 1. The minimum Gasteiger partial charge on any atom is -0.424 e. The second kappa shape index (κ2) is 6.21. The van der Waals surface area contributed by atoms with E-state index in [2.05, 4.69) is 45.8 Å². The fourth-order valence-electron chi connectivity index (χ4n) is 3.68. The SMILES string of the molecule is c1ccc([C@@H]2CCC[C@@H]2NCc2nnc(C3CCC3)o2)cc1. The van der Waals surface area contributed by atoms with Crippen LogP contribution in [0.15, 0.2) is 34.7 Å². The van der Waals surface area contributed by atoms with Crippen LogP contribution in [0, 0.1) is 0 Å². The summed E-state index contributed by atoms with van der Waals surface area (Å²) in [6.45, 7) is 0.688. The van der Waals surface area contributed by atoms with Crippen molar-refractivity contribution in [1.82, 2.24) is 15.5 Å². The van der Waals surface area contributed by atoms with Crippen molar-refractivity contribution in [3.63, 3.8) is 0 Å². The third-order valence-corrected chi connectivity index (χ3v) is 5.20. The van der Waals surface area contributed by atoms with Crippen molar-refractivity contribution in [2.45, 2.75) is 62.9 Å². The first-order valence-corrected chi connectivity index (χ1v) is 8.51. The first kappa shape index (κ1) is 13.9. The van der Waals surface area contributed by atoms with Gasteiger partial charge in [-0.15, -0.1) is 10.2 Å². The molecular formula is C18H23N3O. The van der Waals surface area contributed by atoms with Gasteiger partial charge in [-0.25, -0.2) is 0 Å². The Balaban J connectivity index is 1.37. The van der Waals surface area contributed by atoms with Gasteiger partial charge in [0.25, 0.3) is 0 Å². The minimum atomic E-state index is 0.515. The molecule has 1 heterocycles. The molecule has 0 saturated heterocycles. The van der Waals surface area contributed by atoms with Crippen molar-refractivity contribution in [1.29, 1.82) is 0 Å². The summed E-state index contributed by atoms with van der Waals surface area (Å²) in [7, 11) is 0. The number of hydrogen-bond acceptors (Lipinski definition) is 4. The van der Waals surface area contributed by atoms with E-state index < -0.39 is 0 Å². The molecule has 4 heteroatoms. The summed E-state index contributed by atoms with van der Waals surface area (Å²) in [4.78, 5) is 0. The second-order valence-electron chi connectivity index (χ2n) is 6.60. The van der Waals surface area contributed by atoms with Crippen LogP contribution in [0.4, 0.5) is 0 Å². The van der Waals surface area contributed by atoms with Crippen molar-refractivity contribution in [3.05, 3.63) is 47.7 Å². The molecule has 2 aromatic rings. The predicted octanol–water partition coefficient (Wildman–Crippen LogP) is 3.76. The normalized spacial score (nSPS) is 25.3. The number of nitrogens with one attached hydrogen (secondary N) is 1. The first-order valence-electron chi connectivity index (χ1n) is 8.51. The van der Waals surface area contributed by atoms with E-state index in [9.17, 15) is 0 Å². The molecule has 0 spiro atoms. The van der Waals surface area contributed by atoms with E-state index in [-0.39, 0.29) is 0 Å². The van der Waals surface area contributed by atoms with Gasteiger partial charge < -0.3 is 9.73 Å².